The molecule has 0 radical (unpaired) electrons. The van der Waals surface area contributed by atoms with Gasteiger partial charge in [-0.15, -0.1) is 0 Å². The molecule has 0 atom stereocenters. The van der Waals surface area contributed by atoms with E-state index >= 15 is 0 Å². The van der Waals surface area contributed by atoms with E-state index in [1.807, 2.05) is 62.1 Å². The van der Waals surface area contributed by atoms with Gasteiger partial charge < -0.3 is 19.1 Å². The summed E-state index contributed by atoms with van der Waals surface area (Å²) in [6.45, 7) is 8.05. The van der Waals surface area contributed by atoms with Crippen LogP contribution in [0.25, 0.3) is 0 Å². The van der Waals surface area contributed by atoms with Crippen LogP contribution in [0.4, 0.5) is 5.69 Å². The van der Waals surface area contributed by atoms with Crippen molar-refractivity contribution in [2.24, 2.45) is 0 Å². The van der Waals surface area contributed by atoms with Gasteiger partial charge in [0.05, 0.1) is 25.5 Å². The van der Waals surface area contributed by atoms with Crippen molar-refractivity contribution in [3.63, 3.8) is 0 Å². The summed E-state index contributed by atoms with van der Waals surface area (Å²) < 4.78 is 17.5. The zero-order chi connectivity index (χ0) is 19.0. The number of nitrogens with zero attached hydrogens (tertiary/aromatic N) is 1. The molecule has 0 aliphatic carbocycles. The number of hydrogen-bond acceptors (Lipinski definition) is 4. The van der Waals surface area contributed by atoms with Gasteiger partial charge in [0, 0.05) is 12.1 Å². The number of carbonyl (C=O) groups is 1. The largest absolute Gasteiger partial charge is 0.494 e. The van der Waals surface area contributed by atoms with E-state index in [9.17, 15) is 4.79 Å². The first-order valence-corrected chi connectivity index (χ1v) is 9.43. The van der Waals surface area contributed by atoms with Crippen molar-refractivity contribution >= 4 is 11.6 Å². The summed E-state index contributed by atoms with van der Waals surface area (Å²) in [6.07, 6.45) is 0.725. The van der Waals surface area contributed by atoms with Crippen LogP contribution in [-0.2, 0) is 20.1 Å². The molecule has 27 heavy (non-hydrogen) atoms. The number of amides is 1. The lowest BCUT2D eigenvalue weighted by Gasteiger charge is -2.22. The zero-order valence-electron chi connectivity index (χ0n) is 16.1. The molecule has 2 heterocycles. The topological polar surface area (TPSA) is 48.0 Å². The van der Waals surface area contributed by atoms with Gasteiger partial charge in [-0.05, 0) is 50.5 Å². The molecule has 4 rings (SSSR count). The number of benzene rings is 2. The van der Waals surface area contributed by atoms with Crippen molar-refractivity contribution in [2.75, 3.05) is 31.3 Å². The first kappa shape index (κ1) is 18.0. The maximum absolute atomic E-state index is 13.2. The summed E-state index contributed by atoms with van der Waals surface area (Å²) in [7, 11) is 0. The minimum atomic E-state index is -1.26. The Balaban J connectivity index is 1.51. The molecule has 0 N–H and O–H groups in total. The first-order chi connectivity index (χ1) is 13.0. The van der Waals surface area contributed by atoms with Crippen LogP contribution >= 0.6 is 0 Å². The third kappa shape index (κ3) is 3.01. The highest BCUT2D eigenvalue weighted by atomic mass is 16.7. The lowest BCUT2D eigenvalue weighted by Crippen LogP contribution is -2.42. The third-order valence-electron chi connectivity index (χ3n) is 5.22. The highest BCUT2D eigenvalue weighted by molar-refractivity contribution is 6.07. The fourth-order valence-electron chi connectivity index (χ4n) is 3.89. The molecule has 142 valence electrons. The molecule has 1 amide bonds. The lowest BCUT2D eigenvalue weighted by atomic mass is 9.98. The zero-order valence-corrected chi connectivity index (χ0v) is 16.1. The van der Waals surface area contributed by atoms with Gasteiger partial charge in [0.1, 0.15) is 5.75 Å². The number of hydrogen-bond donors (Lipinski definition) is 0. The minimum Gasteiger partial charge on any atom is -0.494 e. The highest BCUT2D eigenvalue weighted by Gasteiger charge is 2.57. The molecule has 5 nitrogen and oxygen atoms in total. The lowest BCUT2D eigenvalue weighted by molar-refractivity contribution is -0.180. The van der Waals surface area contributed by atoms with Crippen molar-refractivity contribution in [3.05, 3.63) is 58.7 Å². The Morgan fingerprint density at radius 3 is 2.37 bits per heavy atom. The normalized spacial score (nSPS) is 17.6. The Kier molecular flexibility index (Phi) is 4.66. The molecule has 0 unspecified atom stereocenters. The van der Waals surface area contributed by atoms with Crippen LogP contribution in [0, 0.1) is 20.8 Å². The number of fused-ring (bicyclic) bond motifs is 2. The van der Waals surface area contributed by atoms with E-state index in [0.29, 0.717) is 26.4 Å². The standard InChI is InChI=1S/C22H25NO4/c1-15-5-9-18(10-6-15)25-12-4-11-23-20-17(3)8-7-16(2)19(20)22(21(23)24)26-13-14-27-22/h5-10H,4,11-14H2,1-3H3. The fraction of sp³-hybridized carbons (Fsp3) is 0.409. The Labute approximate surface area is 159 Å². The maximum atomic E-state index is 13.2. The van der Waals surface area contributed by atoms with Crippen LogP contribution in [0.2, 0.25) is 0 Å². The van der Waals surface area contributed by atoms with Gasteiger partial charge >= 0.3 is 0 Å². The molecule has 2 aliphatic rings. The van der Waals surface area contributed by atoms with Crippen LogP contribution < -0.4 is 9.64 Å². The van der Waals surface area contributed by atoms with Gasteiger partial charge in [-0.1, -0.05) is 29.8 Å². The highest BCUT2D eigenvalue weighted by Crippen LogP contribution is 2.48. The van der Waals surface area contributed by atoms with Gasteiger partial charge in [0.25, 0.3) is 11.7 Å². The summed E-state index contributed by atoms with van der Waals surface area (Å²) >= 11 is 0. The number of aryl methyl sites for hydroxylation is 3. The molecule has 2 aromatic carbocycles. The average Bonchev–Trinajstić information content (AvgIpc) is 3.24. The van der Waals surface area contributed by atoms with E-state index in [1.54, 1.807) is 0 Å². The molecule has 1 saturated heterocycles. The quantitative estimate of drug-likeness (QED) is 0.757. The van der Waals surface area contributed by atoms with Crippen LogP contribution in [0.1, 0.15) is 28.7 Å². The SMILES string of the molecule is Cc1ccc(OCCCN2C(=O)C3(OCCO3)c3c(C)ccc(C)c32)cc1. The number of rotatable bonds is 5. The number of ether oxygens (including phenoxy) is 3. The van der Waals surface area contributed by atoms with Crippen molar-refractivity contribution < 1.29 is 19.0 Å². The molecule has 5 heteroatoms. The first-order valence-electron chi connectivity index (χ1n) is 9.43. The Bertz CT molecular complexity index is 853. The van der Waals surface area contributed by atoms with E-state index in [2.05, 4.69) is 0 Å². The molecular formula is C22H25NO4. The Hall–Kier alpha value is -2.37. The monoisotopic (exact) mass is 367 g/mol. The van der Waals surface area contributed by atoms with Gasteiger partial charge in [-0.2, -0.15) is 0 Å². The molecule has 2 aromatic rings. The minimum absolute atomic E-state index is 0.122. The number of carbonyl (C=O) groups excluding carboxylic acids is 1. The average molecular weight is 367 g/mol. The summed E-state index contributed by atoms with van der Waals surface area (Å²) in [4.78, 5) is 15.0. The van der Waals surface area contributed by atoms with Gasteiger partial charge in [-0.3, -0.25) is 4.79 Å². The van der Waals surface area contributed by atoms with Crippen molar-refractivity contribution in [1.29, 1.82) is 0 Å². The molecule has 1 spiro atoms. The molecule has 0 bridgehead atoms. The second kappa shape index (κ2) is 6.98. The molecule has 1 fully saturated rings. The van der Waals surface area contributed by atoms with E-state index in [4.69, 9.17) is 14.2 Å². The summed E-state index contributed by atoms with van der Waals surface area (Å²) in [6, 6.07) is 12.1. The van der Waals surface area contributed by atoms with Crippen LogP contribution in [0.15, 0.2) is 36.4 Å². The van der Waals surface area contributed by atoms with E-state index in [0.717, 1.165) is 34.5 Å². The predicted octanol–water partition coefficient (Wildman–Crippen LogP) is 3.63. The Morgan fingerprint density at radius 1 is 1.00 bits per heavy atom. The van der Waals surface area contributed by atoms with E-state index in [1.165, 1.54) is 5.56 Å². The van der Waals surface area contributed by atoms with Gasteiger partial charge in [-0.25, -0.2) is 0 Å². The van der Waals surface area contributed by atoms with Crippen LogP contribution in [0.5, 0.6) is 5.75 Å². The van der Waals surface area contributed by atoms with Crippen molar-refractivity contribution in [3.8, 4) is 5.75 Å². The second-order valence-corrected chi connectivity index (χ2v) is 7.21. The summed E-state index contributed by atoms with van der Waals surface area (Å²) in [5, 5.41) is 0. The van der Waals surface area contributed by atoms with Gasteiger partial charge in [0.2, 0.25) is 0 Å². The smallest absolute Gasteiger partial charge is 0.292 e. The predicted molar refractivity (Wildman–Crippen MR) is 103 cm³/mol. The molecule has 0 saturated carbocycles. The summed E-state index contributed by atoms with van der Waals surface area (Å²) in [5.41, 5.74) is 5.07. The van der Waals surface area contributed by atoms with Crippen LogP contribution in [-0.4, -0.2) is 32.3 Å². The molecule has 0 aromatic heterocycles. The Morgan fingerprint density at radius 2 is 1.67 bits per heavy atom. The van der Waals surface area contributed by atoms with E-state index < -0.39 is 5.79 Å². The van der Waals surface area contributed by atoms with E-state index in [-0.39, 0.29) is 5.91 Å². The third-order valence-corrected chi connectivity index (χ3v) is 5.22. The van der Waals surface area contributed by atoms with Crippen LogP contribution in [0.3, 0.4) is 0 Å². The molecular weight excluding hydrogens is 342 g/mol. The number of anilines is 1. The fourth-order valence-corrected chi connectivity index (χ4v) is 3.89. The van der Waals surface area contributed by atoms with Crippen molar-refractivity contribution in [2.45, 2.75) is 33.0 Å². The second-order valence-electron chi connectivity index (χ2n) is 7.21. The van der Waals surface area contributed by atoms with Crippen molar-refractivity contribution in [1.82, 2.24) is 0 Å². The summed E-state index contributed by atoms with van der Waals surface area (Å²) in [5.74, 6) is -0.536. The molecule has 2 aliphatic heterocycles. The van der Waals surface area contributed by atoms with Gasteiger partial charge in [0.15, 0.2) is 0 Å². The maximum Gasteiger partial charge on any atom is 0.292 e.